The molecule has 0 unspecified atom stereocenters. The van der Waals surface area contributed by atoms with Gasteiger partial charge in [-0.05, 0) is 7.05 Å². The number of aryl methyl sites for hydroxylation is 1. The second-order valence-corrected chi connectivity index (χ2v) is 4.68. The summed E-state index contributed by atoms with van der Waals surface area (Å²) in [6, 6.07) is 0. The number of hydrogen-bond acceptors (Lipinski definition) is 5. The van der Waals surface area contributed by atoms with Gasteiger partial charge >= 0.3 is 6.09 Å². The van der Waals surface area contributed by atoms with Crippen molar-refractivity contribution >= 4 is 6.09 Å². The Kier molecular flexibility index (Phi) is 7.67. The number of rotatable bonds is 0. The van der Waals surface area contributed by atoms with Gasteiger partial charge in [0.2, 0.25) is 0 Å². The smallest absolute Gasteiger partial charge is 0.409 e. The minimum atomic E-state index is -0.208. The number of morpholine rings is 1. The summed E-state index contributed by atoms with van der Waals surface area (Å²) in [4.78, 5) is 17.9. The molecule has 1 aromatic heterocycles. The van der Waals surface area contributed by atoms with Crippen LogP contribution >= 0.6 is 0 Å². The zero-order chi connectivity index (χ0) is 14.8. The van der Waals surface area contributed by atoms with Gasteiger partial charge in [0.1, 0.15) is 6.61 Å². The molecule has 0 aliphatic carbocycles. The number of aromatic nitrogens is 2. The van der Waals surface area contributed by atoms with Gasteiger partial charge in [-0.15, -0.1) is 0 Å². The number of hydrogen-bond donors (Lipinski definition) is 0. The molecule has 0 saturated carbocycles. The van der Waals surface area contributed by atoms with Gasteiger partial charge in [0.05, 0.1) is 26.1 Å². The Morgan fingerprint density at radius 3 is 2.00 bits per heavy atom. The van der Waals surface area contributed by atoms with Gasteiger partial charge in [-0.2, -0.15) is 0 Å². The molecule has 2 aliphatic rings. The molecule has 2 saturated heterocycles. The van der Waals surface area contributed by atoms with E-state index in [1.807, 2.05) is 17.8 Å². The second-order valence-electron chi connectivity index (χ2n) is 4.68. The number of nitrogens with zero attached hydrogens (tertiary/aromatic N) is 4. The molecule has 0 radical (unpaired) electrons. The number of likely N-dealkylation sites (N-methyl/N-ethyl adjacent to an activating group) is 2. The number of carbonyl (C=O) groups is 1. The summed E-state index contributed by atoms with van der Waals surface area (Å²) in [6.45, 7) is 5.31. The average Bonchev–Trinajstić information content (AvgIpc) is 3.05. The van der Waals surface area contributed by atoms with Crippen LogP contribution in [0.1, 0.15) is 0 Å². The third kappa shape index (κ3) is 7.10. The van der Waals surface area contributed by atoms with Crippen molar-refractivity contribution in [3.05, 3.63) is 18.7 Å². The van der Waals surface area contributed by atoms with E-state index in [0.717, 1.165) is 32.8 Å². The molecule has 2 aliphatic heterocycles. The zero-order valence-electron chi connectivity index (χ0n) is 12.5. The van der Waals surface area contributed by atoms with Crippen LogP contribution in [0.4, 0.5) is 4.79 Å². The van der Waals surface area contributed by atoms with E-state index in [1.165, 1.54) is 0 Å². The van der Waals surface area contributed by atoms with E-state index in [-0.39, 0.29) is 6.09 Å². The van der Waals surface area contributed by atoms with Gasteiger partial charge in [0.15, 0.2) is 0 Å². The van der Waals surface area contributed by atoms with Gasteiger partial charge in [-0.3, -0.25) is 0 Å². The Labute approximate surface area is 120 Å². The van der Waals surface area contributed by atoms with Gasteiger partial charge in [0, 0.05) is 39.6 Å². The normalized spacial score (nSPS) is 18.6. The van der Waals surface area contributed by atoms with Crippen LogP contribution in [-0.2, 0) is 16.5 Å². The van der Waals surface area contributed by atoms with E-state index in [1.54, 1.807) is 24.5 Å². The van der Waals surface area contributed by atoms with Crippen molar-refractivity contribution in [2.24, 2.45) is 7.05 Å². The molecule has 1 aromatic rings. The lowest BCUT2D eigenvalue weighted by atomic mass is 10.5. The maximum atomic E-state index is 10.3. The lowest BCUT2D eigenvalue weighted by Gasteiger charge is -2.21. The molecular weight excluding hydrogens is 260 g/mol. The minimum absolute atomic E-state index is 0.208. The van der Waals surface area contributed by atoms with Gasteiger partial charge in [0.25, 0.3) is 0 Å². The number of ether oxygens (including phenoxy) is 2. The number of imidazole rings is 1. The van der Waals surface area contributed by atoms with E-state index in [9.17, 15) is 4.79 Å². The first-order valence-electron chi connectivity index (χ1n) is 6.65. The summed E-state index contributed by atoms with van der Waals surface area (Å²) >= 11 is 0. The summed E-state index contributed by atoms with van der Waals surface area (Å²) in [6.07, 6.45) is 5.18. The van der Waals surface area contributed by atoms with Crippen molar-refractivity contribution in [3.8, 4) is 0 Å². The molecule has 20 heavy (non-hydrogen) atoms. The van der Waals surface area contributed by atoms with Crippen LogP contribution in [0.15, 0.2) is 18.7 Å². The Bertz CT molecular complexity index is 364. The monoisotopic (exact) mass is 284 g/mol. The van der Waals surface area contributed by atoms with E-state index in [2.05, 4.69) is 21.7 Å². The molecule has 114 valence electrons. The third-order valence-electron chi connectivity index (χ3n) is 2.84. The van der Waals surface area contributed by atoms with E-state index >= 15 is 0 Å². The average molecular weight is 284 g/mol. The predicted molar refractivity (Wildman–Crippen MR) is 75.5 cm³/mol. The molecule has 7 nitrogen and oxygen atoms in total. The SMILES string of the molecule is CN1CCOC1=O.CN1CCOCC1.Cn1ccnc1. The van der Waals surface area contributed by atoms with Gasteiger partial charge in [-0.1, -0.05) is 0 Å². The highest BCUT2D eigenvalue weighted by atomic mass is 16.6. The van der Waals surface area contributed by atoms with Gasteiger partial charge in [-0.25, -0.2) is 9.78 Å². The first-order chi connectivity index (χ1) is 9.59. The summed E-state index contributed by atoms with van der Waals surface area (Å²) in [5, 5.41) is 0. The highest BCUT2D eigenvalue weighted by Crippen LogP contribution is 1.96. The summed E-state index contributed by atoms with van der Waals surface area (Å²) < 4.78 is 11.5. The quantitative estimate of drug-likeness (QED) is 0.692. The van der Waals surface area contributed by atoms with Crippen LogP contribution in [0.25, 0.3) is 0 Å². The maximum absolute atomic E-state index is 10.3. The fourth-order valence-electron chi connectivity index (χ4n) is 1.45. The molecule has 0 bridgehead atoms. The van der Waals surface area contributed by atoms with Crippen molar-refractivity contribution in [3.63, 3.8) is 0 Å². The highest BCUT2D eigenvalue weighted by molar-refractivity contribution is 5.68. The summed E-state index contributed by atoms with van der Waals surface area (Å²) in [5.41, 5.74) is 0. The van der Waals surface area contributed by atoms with Crippen molar-refractivity contribution in [2.45, 2.75) is 0 Å². The molecule has 0 atom stereocenters. The number of cyclic esters (lactones) is 1. The maximum Gasteiger partial charge on any atom is 0.409 e. The standard InChI is InChI=1S/C5H11NO.C4H6N2.C4H7NO2/c1-6-2-4-7-5-3-6;1-6-3-2-5-4-6;1-5-2-3-7-4(5)6/h2-5H2,1H3;2-4H,1H3;2-3H2,1H3. The molecule has 2 fully saturated rings. The fourth-order valence-corrected chi connectivity index (χ4v) is 1.45. The van der Waals surface area contributed by atoms with Gasteiger partial charge < -0.3 is 23.8 Å². The highest BCUT2D eigenvalue weighted by Gasteiger charge is 2.15. The Balaban J connectivity index is 0.000000151. The van der Waals surface area contributed by atoms with E-state index in [0.29, 0.717) is 6.61 Å². The first kappa shape index (κ1) is 16.5. The number of amides is 1. The Morgan fingerprint density at radius 1 is 1.10 bits per heavy atom. The topological polar surface area (TPSA) is 59.8 Å². The Morgan fingerprint density at radius 2 is 1.80 bits per heavy atom. The molecular formula is C13H24N4O3. The molecule has 3 heterocycles. The molecule has 0 N–H and O–H groups in total. The van der Waals surface area contributed by atoms with Crippen molar-refractivity contribution < 1.29 is 14.3 Å². The largest absolute Gasteiger partial charge is 0.448 e. The molecule has 7 heteroatoms. The summed E-state index contributed by atoms with van der Waals surface area (Å²) in [5.74, 6) is 0. The van der Waals surface area contributed by atoms with Crippen LogP contribution in [0.2, 0.25) is 0 Å². The first-order valence-corrected chi connectivity index (χ1v) is 6.65. The van der Waals surface area contributed by atoms with Crippen LogP contribution in [0.5, 0.6) is 0 Å². The third-order valence-corrected chi connectivity index (χ3v) is 2.84. The fraction of sp³-hybridized carbons (Fsp3) is 0.692. The minimum Gasteiger partial charge on any atom is -0.448 e. The van der Waals surface area contributed by atoms with E-state index in [4.69, 9.17) is 4.74 Å². The van der Waals surface area contributed by atoms with Crippen LogP contribution in [0, 0.1) is 0 Å². The zero-order valence-corrected chi connectivity index (χ0v) is 12.5. The van der Waals surface area contributed by atoms with E-state index < -0.39 is 0 Å². The van der Waals surface area contributed by atoms with Crippen molar-refractivity contribution in [2.75, 3.05) is 53.6 Å². The second kappa shape index (κ2) is 9.33. The Hall–Kier alpha value is -1.60. The van der Waals surface area contributed by atoms with Crippen LogP contribution in [-0.4, -0.2) is 79.0 Å². The molecule has 0 spiro atoms. The molecule has 1 amide bonds. The lowest BCUT2D eigenvalue weighted by Crippen LogP contribution is -2.32. The predicted octanol–water partition coefficient (Wildman–Crippen LogP) is 0.437. The van der Waals surface area contributed by atoms with Crippen LogP contribution in [0.3, 0.4) is 0 Å². The van der Waals surface area contributed by atoms with Crippen molar-refractivity contribution in [1.29, 1.82) is 0 Å². The summed E-state index contributed by atoms with van der Waals surface area (Å²) in [7, 11) is 5.77. The van der Waals surface area contributed by atoms with Crippen LogP contribution < -0.4 is 0 Å². The number of carbonyl (C=O) groups excluding carboxylic acids is 1. The van der Waals surface area contributed by atoms with Crippen molar-refractivity contribution in [1.82, 2.24) is 19.4 Å². The molecule has 0 aromatic carbocycles. The lowest BCUT2D eigenvalue weighted by molar-refractivity contribution is 0.0503. The molecule has 3 rings (SSSR count).